The number of hydrogen-bond donors (Lipinski definition) is 0. The molecule has 2 heterocycles. The number of Topliss-reactive ketones (excluding diaryl/α,β-unsaturated/α-hetero) is 1. The Bertz CT molecular complexity index is 1260. The minimum absolute atomic E-state index is 0.101. The molecule has 0 aliphatic rings. The van der Waals surface area contributed by atoms with Crippen LogP contribution < -0.4 is 0 Å². The maximum atomic E-state index is 13.1. The van der Waals surface area contributed by atoms with Crippen molar-refractivity contribution in [2.24, 2.45) is 0 Å². The lowest BCUT2D eigenvalue weighted by molar-refractivity contribution is 0.102. The minimum atomic E-state index is 0.101. The molecule has 0 aliphatic carbocycles. The summed E-state index contributed by atoms with van der Waals surface area (Å²) in [6.45, 7) is 7.74. The number of benzene rings is 2. The fourth-order valence-electron chi connectivity index (χ4n) is 4.00. The van der Waals surface area contributed by atoms with Gasteiger partial charge in [0.15, 0.2) is 16.8 Å². The number of aromatic nitrogens is 4. The zero-order valence-corrected chi connectivity index (χ0v) is 20.7. The predicted molar refractivity (Wildman–Crippen MR) is 135 cm³/mol. The van der Waals surface area contributed by atoms with Crippen LogP contribution in [0, 0.1) is 13.8 Å². The molecule has 0 atom stereocenters. The number of hydrogen-bond acceptors (Lipinski definition) is 4. The van der Waals surface area contributed by atoms with Gasteiger partial charge in [0.1, 0.15) is 0 Å². The van der Waals surface area contributed by atoms with Crippen LogP contribution in [0.25, 0.3) is 11.4 Å². The first-order valence-corrected chi connectivity index (χ1v) is 12.4. The highest BCUT2D eigenvalue weighted by atomic mass is 35.5. The normalized spacial score (nSPS) is 11.2. The van der Waals surface area contributed by atoms with Gasteiger partial charge in [-0.15, -0.1) is 10.2 Å². The van der Waals surface area contributed by atoms with E-state index in [0.29, 0.717) is 28.3 Å². The number of rotatable bonds is 9. The molecule has 0 saturated carbocycles. The Morgan fingerprint density at radius 3 is 2.45 bits per heavy atom. The third-order valence-corrected chi connectivity index (χ3v) is 6.97. The van der Waals surface area contributed by atoms with E-state index in [4.69, 9.17) is 11.6 Å². The van der Waals surface area contributed by atoms with Crippen molar-refractivity contribution in [2.45, 2.75) is 45.4 Å². The molecule has 2 aromatic carbocycles. The van der Waals surface area contributed by atoms with Crippen molar-refractivity contribution in [3.63, 3.8) is 0 Å². The summed E-state index contributed by atoms with van der Waals surface area (Å²) in [5, 5.41) is 10.2. The molecule has 33 heavy (non-hydrogen) atoms. The fraction of sp³-hybridized carbons (Fsp3) is 0.269. The number of carbonyl (C=O) groups is 1. The molecular weight excluding hydrogens is 452 g/mol. The van der Waals surface area contributed by atoms with Crippen LogP contribution in [0.1, 0.15) is 40.7 Å². The Hall–Kier alpha value is -2.83. The molecule has 4 aromatic rings. The first-order valence-electron chi connectivity index (χ1n) is 11.0. The number of carbonyl (C=O) groups excluding carboxylic acids is 1. The molecular formula is C26H27ClN4OS. The second-order valence-corrected chi connectivity index (χ2v) is 9.36. The van der Waals surface area contributed by atoms with Crippen LogP contribution in [0.3, 0.4) is 0 Å². The van der Waals surface area contributed by atoms with Crippen LogP contribution in [-0.4, -0.2) is 30.9 Å². The number of nitrogens with zero attached hydrogens (tertiary/aromatic N) is 4. The summed E-state index contributed by atoms with van der Waals surface area (Å²) in [5.74, 6) is 1.09. The van der Waals surface area contributed by atoms with E-state index in [-0.39, 0.29) is 5.78 Å². The topological polar surface area (TPSA) is 52.7 Å². The summed E-state index contributed by atoms with van der Waals surface area (Å²) >= 11 is 7.88. The Kier molecular flexibility index (Phi) is 7.36. The Morgan fingerprint density at radius 1 is 1.00 bits per heavy atom. The molecule has 4 rings (SSSR count). The summed E-state index contributed by atoms with van der Waals surface area (Å²) in [4.78, 5) is 13.1. The zero-order valence-electron chi connectivity index (χ0n) is 19.1. The van der Waals surface area contributed by atoms with Gasteiger partial charge in [0.05, 0.1) is 17.3 Å². The van der Waals surface area contributed by atoms with Crippen molar-refractivity contribution in [2.75, 3.05) is 5.75 Å². The SMILES string of the molecule is CCCn1c(C)cc(C(=O)CSc2nnc(-c3ccccc3Cl)n2Cc2ccccc2)c1C. The van der Waals surface area contributed by atoms with Gasteiger partial charge in [0.25, 0.3) is 0 Å². The van der Waals surface area contributed by atoms with Gasteiger partial charge < -0.3 is 4.57 Å². The molecule has 0 aliphatic heterocycles. The Labute approximate surface area is 203 Å². The van der Waals surface area contributed by atoms with E-state index in [0.717, 1.165) is 41.0 Å². The van der Waals surface area contributed by atoms with Crippen molar-refractivity contribution >= 4 is 29.1 Å². The molecule has 0 N–H and O–H groups in total. The molecule has 0 amide bonds. The standard InChI is InChI=1S/C26H27ClN4OS/c1-4-14-30-18(2)15-22(19(30)3)24(32)17-33-26-29-28-25(21-12-8-9-13-23(21)27)31(26)16-20-10-6-5-7-11-20/h5-13,15H,4,14,16-17H2,1-3H3. The van der Waals surface area contributed by atoms with Crippen LogP contribution in [0.4, 0.5) is 0 Å². The van der Waals surface area contributed by atoms with Crippen LogP contribution in [0.15, 0.2) is 65.8 Å². The summed E-state index contributed by atoms with van der Waals surface area (Å²) in [5.41, 5.74) is 4.89. The number of ketones is 1. The molecule has 7 heteroatoms. The second kappa shape index (κ2) is 10.4. The van der Waals surface area contributed by atoms with Crippen LogP contribution >= 0.6 is 23.4 Å². The number of halogens is 1. The van der Waals surface area contributed by atoms with Crippen molar-refractivity contribution in [1.82, 2.24) is 19.3 Å². The highest BCUT2D eigenvalue weighted by Crippen LogP contribution is 2.30. The van der Waals surface area contributed by atoms with Gasteiger partial charge in [-0.05, 0) is 44.0 Å². The molecule has 0 radical (unpaired) electrons. The predicted octanol–water partition coefficient (Wildman–Crippen LogP) is 6.45. The highest BCUT2D eigenvalue weighted by molar-refractivity contribution is 7.99. The molecule has 5 nitrogen and oxygen atoms in total. The van der Waals surface area contributed by atoms with Gasteiger partial charge in [-0.3, -0.25) is 9.36 Å². The monoisotopic (exact) mass is 478 g/mol. The third-order valence-electron chi connectivity index (χ3n) is 5.67. The van der Waals surface area contributed by atoms with Crippen LogP contribution in [0.2, 0.25) is 5.02 Å². The maximum absolute atomic E-state index is 13.1. The minimum Gasteiger partial charge on any atom is -0.348 e. The van der Waals surface area contributed by atoms with Gasteiger partial charge in [-0.25, -0.2) is 0 Å². The Balaban J connectivity index is 1.62. The molecule has 0 unspecified atom stereocenters. The van der Waals surface area contributed by atoms with Gasteiger partial charge >= 0.3 is 0 Å². The van der Waals surface area contributed by atoms with Crippen LogP contribution in [-0.2, 0) is 13.1 Å². The largest absolute Gasteiger partial charge is 0.348 e. The van der Waals surface area contributed by atoms with Crippen LogP contribution in [0.5, 0.6) is 0 Å². The number of aryl methyl sites for hydroxylation is 1. The molecule has 0 spiro atoms. The summed E-state index contributed by atoms with van der Waals surface area (Å²) in [7, 11) is 0. The van der Waals surface area contributed by atoms with E-state index >= 15 is 0 Å². The smallest absolute Gasteiger partial charge is 0.192 e. The molecule has 2 aromatic heterocycles. The van der Waals surface area contributed by atoms with Gasteiger partial charge in [0, 0.05) is 29.1 Å². The third kappa shape index (κ3) is 5.07. The quantitative estimate of drug-likeness (QED) is 0.205. The van der Waals surface area contributed by atoms with Gasteiger partial charge in [-0.1, -0.05) is 72.8 Å². The zero-order chi connectivity index (χ0) is 23.4. The van der Waals surface area contributed by atoms with E-state index < -0.39 is 0 Å². The fourth-order valence-corrected chi connectivity index (χ4v) is 5.05. The van der Waals surface area contributed by atoms with E-state index in [1.165, 1.54) is 11.8 Å². The lowest BCUT2D eigenvalue weighted by Gasteiger charge is -2.11. The second-order valence-electron chi connectivity index (χ2n) is 8.01. The first-order chi connectivity index (χ1) is 16.0. The Morgan fingerprint density at radius 2 is 1.73 bits per heavy atom. The van der Waals surface area contributed by atoms with Crippen molar-refractivity contribution in [3.05, 3.63) is 88.2 Å². The lowest BCUT2D eigenvalue weighted by atomic mass is 10.2. The lowest BCUT2D eigenvalue weighted by Crippen LogP contribution is -2.08. The molecule has 0 saturated heterocycles. The molecule has 0 bridgehead atoms. The summed E-state index contributed by atoms with van der Waals surface area (Å²) in [6.07, 6.45) is 1.03. The highest BCUT2D eigenvalue weighted by Gasteiger charge is 2.20. The average molecular weight is 479 g/mol. The number of thioether (sulfide) groups is 1. The maximum Gasteiger partial charge on any atom is 0.192 e. The van der Waals surface area contributed by atoms with Gasteiger partial charge in [-0.2, -0.15) is 0 Å². The summed E-state index contributed by atoms with van der Waals surface area (Å²) in [6, 6.07) is 19.8. The van der Waals surface area contributed by atoms with E-state index in [2.05, 4.69) is 40.7 Å². The summed E-state index contributed by atoms with van der Waals surface area (Å²) < 4.78 is 4.25. The van der Waals surface area contributed by atoms with E-state index in [1.807, 2.05) is 60.0 Å². The van der Waals surface area contributed by atoms with Crippen molar-refractivity contribution < 1.29 is 4.79 Å². The van der Waals surface area contributed by atoms with E-state index in [9.17, 15) is 4.79 Å². The molecule has 0 fully saturated rings. The van der Waals surface area contributed by atoms with Crippen molar-refractivity contribution in [3.8, 4) is 11.4 Å². The van der Waals surface area contributed by atoms with E-state index in [1.54, 1.807) is 0 Å². The average Bonchev–Trinajstić information content (AvgIpc) is 3.34. The molecule has 170 valence electrons. The van der Waals surface area contributed by atoms with Crippen molar-refractivity contribution in [1.29, 1.82) is 0 Å². The first kappa shape index (κ1) is 23.3. The van der Waals surface area contributed by atoms with Gasteiger partial charge in [0.2, 0.25) is 0 Å².